The van der Waals surface area contributed by atoms with E-state index in [1.807, 2.05) is 31.2 Å². The smallest absolute Gasteiger partial charge is 0.283 e. The number of aryl methyl sites for hydroxylation is 1. The van der Waals surface area contributed by atoms with Gasteiger partial charge in [-0.1, -0.05) is 29.5 Å². The fraction of sp³-hybridized carbons (Fsp3) is 0.227. The van der Waals surface area contributed by atoms with Crippen LogP contribution in [0.3, 0.4) is 0 Å². The molecule has 4 rings (SSSR count). The van der Waals surface area contributed by atoms with Gasteiger partial charge in [-0.25, -0.2) is 9.67 Å². The monoisotopic (exact) mass is 434 g/mol. The van der Waals surface area contributed by atoms with Crippen molar-refractivity contribution in [2.24, 2.45) is 0 Å². The summed E-state index contributed by atoms with van der Waals surface area (Å²) in [6.45, 7) is 2.23. The van der Waals surface area contributed by atoms with E-state index >= 15 is 0 Å². The molecule has 0 aliphatic rings. The van der Waals surface area contributed by atoms with E-state index in [0.717, 1.165) is 11.1 Å². The molecular weight excluding hydrogens is 412 g/mol. The highest BCUT2D eigenvalue weighted by molar-refractivity contribution is 5.91. The number of methoxy groups -OCH3 is 2. The second-order valence-electron chi connectivity index (χ2n) is 7.14. The van der Waals surface area contributed by atoms with Crippen LogP contribution < -0.4 is 20.3 Å². The highest BCUT2D eigenvalue weighted by atomic mass is 16.5. The standard InChI is InChI=1S/C22H22N6O4/c1-14-6-4-5-7-15(14)11-28-21-20(25-26-28)22(30)27(13-23-21)12-19(29)24-16-8-9-17(31-2)18(10-16)32-3/h4-10,13H,11-12H2,1-3H3,(H,24,29). The molecular formula is C22H22N6O4. The third-order valence-electron chi connectivity index (χ3n) is 5.05. The SMILES string of the molecule is COc1ccc(NC(=O)Cn2cnc3c(nnn3Cc3ccccc3C)c2=O)cc1OC. The maximum atomic E-state index is 12.8. The van der Waals surface area contributed by atoms with Gasteiger partial charge in [-0.05, 0) is 30.2 Å². The molecule has 0 bridgehead atoms. The number of anilines is 1. The average Bonchev–Trinajstić information content (AvgIpc) is 3.20. The molecule has 32 heavy (non-hydrogen) atoms. The third-order valence-corrected chi connectivity index (χ3v) is 5.05. The number of nitrogens with zero attached hydrogens (tertiary/aromatic N) is 5. The van der Waals surface area contributed by atoms with Crippen LogP contribution in [0.2, 0.25) is 0 Å². The molecule has 0 saturated heterocycles. The lowest BCUT2D eigenvalue weighted by Gasteiger charge is -2.11. The Morgan fingerprint density at radius 3 is 2.62 bits per heavy atom. The molecule has 0 fully saturated rings. The molecule has 10 heteroatoms. The molecule has 2 heterocycles. The Bertz CT molecular complexity index is 1340. The minimum absolute atomic E-state index is 0.111. The van der Waals surface area contributed by atoms with Crippen LogP contribution in [0.1, 0.15) is 11.1 Å². The topological polar surface area (TPSA) is 113 Å². The molecule has 1 amide bonds. The average molecular weight is 434 g/mol. The first-order valence-electron chi connectivity index (χ1n) is 9.85. The van der Waals surface area contributed by atoms with Gasteiger partial charge in [0.15, 0.2) is 22.7 Å². The summed E-state index contributed by atoms with van der Waals surface area (Å²) in [6.07, 6.45) is 1.33. The number of ether oxygens (including phenoxy) is 2. The van der Waals surface area contributed by atoms with Crippen molar-refractivity contribution >= 4 is 22.8 Å². The number of nitrogens with one attached hydrogen (secondary N) is 1. The maximum absolute atomic E-state index is 12.8. The van der Waals surface area contributed by atoms with Crippen LogP contribution in [0.5, 0.6) is 11.5 Å². The van der Waals surface area contributed by atoms with Crippen LogP contribution in [-0.2, 0) is 17.9 Å². The highest BCUT2D eigenvalue weighted by Gasteiger charge is 2.15. The Balaban J connectivity index is 1.53. The first-order valence-corrected chi connectivity index (χ1v) is 9.85. The van der Waals surface area contributed by atoms with Crippen molar-refractivity contribution < 1.29 is 14.3 Å². The van der Waals surface area contributed by atoms with Gasteiger partial charge in [-0.3, -0.25) is 14.2 Å². The molecule has 0 aliphatic carbocycles. The van der Waals surface area contributed by atoms with E-state index in [0.29, 0.717) is 29.4 Å². The molecule has 0 aliphatic heterocycles. The first-order chi connectivity index (χ1) is 15.5. The van der Waals surface area contributed by atoms with Crippen molar-refractivity contribution in [3.8, 4) is 11.5 Å². The van der Waals surface area contributed by atoms with Gasteiger partial charge in [0.2, 0.25) is 5.91 Å². The van der Waals surface area contributed by atoms with Crippen molar-refractivity contribution in [3.05, 3.63) is 70.3 Å². The number of hydrogen-bond donors (Lipinski definition) is 1. The predicted octanol–water partition coefficient (Wildman–Crippen LogP) is 2.00. The largest absolute Gasteiger partial charge is 0.493 e. The van der Waals surface area contributed by atoms with E-state index in [-0.39, 0.29) is 12.1 Å². The Kier molecular flexibility index (Phi) is 5.84. The van der Waals surface area contributed by atoms with Gasteiger partial charge in [-0.15, -0.1) is 5.10 Å². The maximum Gasteiger partial charge on any atom is 0.283 e. The number of fused-ring (bicyclic) bond motifs is 1. The summed E-state index contributed by atoms with van der Waals surface area (Å²) in [5, 5.41) is 10.8. The molecule has 2 aromatic heterocycles. The minimum Gasteiger partial charge on any atom is -0.493 e. The van der Waals surface area contributed by atoms with Crippen molar-refractivity contribution in [2.45, 2.75) is 20.0 Å². The molecule has 0 saturated carbocycles. The summed E-state index contributed by atoms with van der Waals surface area (Å²) in [5.74, 6) is 0.633. The van der Waals surface area contributed by atoms with Crippen LogP contribution in [-0.4, -0.2) is 44.7 Å². The van der Waals surface area contributed by atoms with E-state index in [1.54, 1.807) is 22.9 Å². The van der Waals surface area contributed by atoms with E-state index in [4.69, 9.17) is 9.47 Å². The lowest BCUT2D eigenvalue weighted by atomic mass is 10.1. The number of carbonyl (C=O) groups is 1. The molecule has 164 valence electrons. The second-order valence-corrected chi connectivity index (χ2v) is 7.14. The van der Waals surface area contributed by atoms with E-state index < -0.39 is 11.5 Å². The number of benzene rings is 2. The summed E-state index contributed by atoms with van der Waals surface area (Å²) in [7, 11) is 3.04. The zero-order chi connectivity index (χ0) is 22.7. The molecule has 1 N–H and O–H groups in total. The zero-order valence-electron chi connectivity index (χ0n) is 17.9. The number of aromatic nitrogens is 5. The highest BCUT2D eigenvalue weighted by Crippen LogP contribution is 2.29. The van der Waals surface area contributed by atoms with Crippen molar-refractivity contribution in [2.75, 3.05) is 19.5 Å². The number of carbonyl (C=O) groups excluding carboxylic acids is 1. The van der Waals surface area contributed by atoms with Crippen LogP contribution >= 0.6 is 0 Å². The second kappa shape index (κ2) is 8.88. The Morgan fingerprint density at radius 2 is 1.88 bits per heavy atom. The molecule has 0 radical (unpaired) electrons. The van der Waals surface area contributed by atoms with Crippen LogP contribution in [0.15, 0.2) is 53.6 Å². The lowest BCUT2D eigenvalue weighted by molar-refractivity contribution is -0.116. The van der Waals surface area contributed by atoms with E-state index in [1.165, 1.54) is 25.1 Å². The zero-order valence-corrected chi connectivity index (χ0v) is 17.9. The molecule has 0 spiro atoms. The first kappa shape index (κ1) is 21.0. The van der Waals surface area contributed by atoms with E-state index in [9.17, 15) is 9.59 Å². The van der Waals surface area contributed by atoms with Gasteiger partial charge in [-0.2, -0.15) is 0 Å². The van der Waals surface area contributed by atoms with Gasteiger partial charge in [0.05, 0.1) is 20.8 Å². The van der Waals surface area contributed by atoms with Gasteiger partial charge in [0.1, 0.15) is 12.9 Å². The number of hydrogen-bond acceptors (Lipinski definition) is 7. The van der Waals surface area contributed by atoms with Crippen LogP contribution in [0.4, 0.5) is 5.69 Å². The van der Waals surface area contributed by atoms with Crippen molar-refractivity contribution in [3.63, 3.8) is 0 Å². The third kappa shape index (κ3) is 4.15. The summed E-state index contributed by atoms with van der Waals surface area (Å²) < 4.78 is 13.2. The van der Waals surface area contributed by atoms with Crippen LogP contribution in [0.25, 0.3) is 11.2 Å². The van der Waals surface area contributed by atoms with Gasteiger partial charge < -0.3 is 14.8 Å². The van der Waals surface area contributed by atoms with Crippen LogP contribution in [0, 0.1) is 6.92 Å². The summed E-state index contributed by atoms with van der Waals surface area (Å²) in [5.41, 5.74) is 2.72. The summed E-state index contributed by atoms with van der Waals surface area (Å²) >= 11 is 0. The lowest BCUT2D eigenvalue weighted by Crippen LogP contribution is -2.28. The van der Waals surface area contributed by atoms with E-state index in [2.05, 4.69) is 20.6 Å². The minimum atomic E-state index is -0.437. The van der Waals surface area contributed by atoms with Gasteiger partial charge in [0.25, 0.3) is 5.56 Å². The molecule has 10 nitrogen and oxygen atoms in total. The fourth-order valence-corrected chi connectivity index (χ4v) is 3.32. The molecule has 4 aromatic rings. The normalized spacial score (nSPS) is 10.8. The fourth-order valence-electron chi connectivity index (χ4n) is 3.32. The summed E-state index contributed by atoms with van der Waals surface area (Å²) in [4.78, 5) is 29.6. The predicted molar refractivity (Wildman–Crippen MR) is 118 cm³/mol. The Hall–Kier alpha value is -4.21. The number of rotatable bonds is 7. The summed E-state index contributed by atoms with van der Waals surface area (Å²) in [6, 6.07) is 12.9. The molecule has 0 atom stereocenters. The number of amides is 1. The quantitative estimate of drug-likeness (QED) is 0.473. The molecule has 0 unspecified atom stereocenters. The van der Waals surface area contributed by atoms with Gasteiger partial charge >= 0.3 is 0 Å². The van der Waals surface area contributed by atoms with Crippen molar-refractivity contribution in [1.29, 1.82) is 0 Å². The Morgan fingerprint density at radius 1 is 1.09 bits per heavy atom. The van der Waals surface area contributed by atoms with Gasteiger partial charge in [0, 0.05) is 11.8 Å². The Labute approximate surface area is 183 Å². The van der Waals surface area contributed by atoms with Crippen molar-refractivity contribution in [1.82, 2.24) is 24.5 Å². The molecule has 2 aromatic carbocycles.